The van der Waals surface area contributed by atoms with Gasteiger partial charge in [-0.1, -0.05) is 30.3 Å². The third kappa shape index (κ3) is 8.14. The van der Waals surface area contributed by atoms with Crippen LogP contribution in [-0.2, 0) is 31.5 Å². The molecule has 0 aliphatic carbocycles. The maximum absolute atomic E-state index is 12.7. The van der Waals surface area contributed by atoms with E-state index >= 15 is 0 Å². The standard InChI is InChI=1S/C25H35N3O5S/c1-25(2,3)34(30,31)17-19-7-5-8-20(15-19)21-11-9-18(10-12-23(29)28-24(26)27)16-22(21)33-14-6-13-32-4/h5,7-9,11,15-16H,6,10,12-14,17H2,1-4H3,(H4,26,27,28,29). The number of hydrogen-bond acceptors (Lipinski definition) is 6. The molecule has 8 nitrogen and oxygen atoms in total. The number of nitrogens with two attached hydrogens (primary N) is 1. The minimum Gasteiger partial charge on any atom is -0.493 e. The second-order valence-corrected chi connectivity index (χ2v) is 11.8. The molecule has 0 heterocycles. The Labute approximate surface area is 202 Å². The average molecular weight is 490 g/mol. The number of aryl methyl sites for hydroxylation is 1. The summed E-state index contributed by atoms with van der Waals surface area (Å²) in [4.78, 5) is 11.8. The molecule has 4 N–H and O–H groups in total. The molecule has 0 aliphatic rings. The first-order valence-corrected chi connectivity index (χ1v) is 12.8. The van der Waals surface area contributed by atoms with Crippen molar-refractivity contribution in [2.24, 2.45) is 5.73 Å². The molecule has 0 bridgehead atoms. The lowest BCUT2D eigenvalue weighted by molar-refractivity contribution is -0.119. The number of carbonyl (C=O) groups excluding carboxylic acids is 1. The Balaban J connectivity index is 2.31. The third-order valence-corrected chi connectivity index (χ3v) is 7.82. The molecule has 1 amide bonds. The Hall–Kier alpha value is -2.91. The first kappa shape index (κ1) is 27.3. The summed E-state index contributed by atoms with van der Waals surface area (Å²) in [5.74, 6) is -0.100. The fourth-order valence-electron chi connectivity index (χ4n) is 3.20. The van der Waals surface area contributed by atoms with Gasteiger partial charge in [0.1, 0.15) is 5.75 Å². The SMILES string of the molecule is COCCCOc1cc(CCC(=O)NC(=N)N)ccc1-c1cccc(CS(=O)(=O)C(C)(C)C)c1. The topological polar surface area (TPSA) is 132 Å². The van der Waals surface area contributed by atoms with Crippen molar-refractivity contribution in [2.75, 3.05) is 20.3 Å². The monoisotopic (exact) mass is 489 g/mol. The molecule has 0 aliphatic heterocycles. The molecule has 0 saturated carbocycles. The molecule has 2 rings (SSSR count). The predicted octanol–water partition coefficient (Wildman–Crippen LogP) is 3.42. The van der Waals surface area contributed by atoms with Crippen LogP contribution in [0.4, 0.5) is 0 Å². The Bertz CT molecular complexity index is 1110. The lowest BCUT2D eigenvalue weighted by Gasteiger charge is -2.19. The summed E-state index contributed by atoms with van der Waals surface area (Å²) in [5, 5.41) is 9.44. The first-order chi connectivity index (χ1) is 15.9. The number of benzene rings is 2. The maximum atomic E-state index is 12.7. The van der Waals surface area contributed by atoms with Crippen LogP contribution in [0, 0.1) is 5.41 Å². The van der Waals surface area contributed by atoms with Gasteiger partial charge in [0, 0.05) is 32.1 Å². The highest BCUT2D eigenvalue weighted by molar-refractivity contribution is 7.91. The van der Waals surface area contributed by atoms with Gasteiger partial charge in [0.05, 0.1) is 17.1 Å². The van der Waals surface area contributed by atoms with Crippen LogP contribution >= 0.6 is 0 Å². The molecule has 0 unspecified atom stereocenters. The highest BCUT2D eigenvalue weighted by Gasteiger charge is 2.29. The molecule has 2 aromatic rings. The van der Waals surface area contributed by atoms with Gasteiger partial charge in [-0.25, -0.2) is 8.42 Å². The molecular weight excluding hydrogens is 454 g/mol. The number of rotatable bonds is 11. The van der Waals surface area contributed by atoms with Crippen molar-refractivity contribution in [1.29, 1.82) is 5.41 Å². The molecule has 34 heavy (non-hydrogen) atoms. The Kier molecular flexibility index (Phi) is 9.64. The van der Waals surface area contributed by atoms with E-state index in [0.717, 1.165) is 16.7 Å². The van der Waals surface area contributed by atoms with Gasteiger partial charge in [-0.3, -0.25) is 15.5 Å². The first-order valence-electron chi connectivity index (χ1n) is 11.1. The average Bonchev–Trinajstić information content (AvgIpc) is 2.74. The molecule has 0 saturated heterocycles. The summed E-state index contributed by atoms with van der Waals surface area (Å²) >= 11 is 0. The minimum atomic E-state index is -3.32. The predicted molar refractivity (Wildman–Crippen MR) is 135 cm³/mol. The number of nitrogens with one attached hydrogen (secondary N) is 2. The fourth-order valence-corrected chi connectivity index (χ4v) is 4.25. The summed E-state index contributed by atoms with van der Waals surface area (Å²) in [6.07, 6.45) is 1.35. The van der Waals surface area contributed by atoms with Gasteiger partial charge in [-0.2, -0.15) is 0 Å². The maximum Gasteiger partial charge on any atom is 0.226 e. The highest BCUT2D eigenvalue weighted by atomic mass is 32.2. The van der Waals surface area contributed by atoms with Crippen LogP contribution < -0.4 is 15.8 Å². The van der Waals surface area contributed by atoms with E-state index in [4.69, 9.17) is 20.6 Å². The number of amides is 1. The van der Waals surface area contributed by atoms with Crippen molar-refractivity contribution < 1.29 is 22.7 Å². The number of hydrogen-bond donors (Lipinski definition) is 3. The lowest BCUT2D eigenvalue weighted by atomic mass is 9.99. The van der Waals surface area contributed by atoms with Crippen LogP contribution in [-0.4, -0.2) is 45.4 Å². The number of carbonyl (C=O) groups is 1. The van der Waals surface area contributed by atoms with Crippen molar-refractivity contribution in [3.05, 3.63) is 53.6 Å². The molecule has 0 spiro atoms. The van der Waals surface area contributed by atoms with Crippen molar-refractivity contribution in [3.63, 3.8) is 0 Å². The molecule has 2 aromatic carbocycles. The zero-order valence-electron chi connectivity index (χ0n) is 20.3. The Morgan fingerprint density at radius 3 is 2.47 bits per heavy atom. The molecule has 0 radical (unpaired) electrons. The van der Waals surface area contributed by atoms with E-state index in [-0.39, 0.29) is 24.0 Å². The number of ether oxygens (including phenoxy) is 2. The van der Waals surface area contributed by atoms with Crippen molar-refractivity contribution in [2.45, 2.75) is 50.5 Å². The Morgan fingerprint density at radius 1 is 1.09 bits per heavy atom. The van der Waals surface area contributed by atoms with Gasteiger partial charge in [-0.15, -0.1) is 0 Å². The van der Waals surface area contributed by atoms with Crippen LogP contribution in [0.5, 0.6) is 5.75 Å². The van der Waals surface area contributed by atoms with Gasteiger partial charge in [0.15, 0.2) is 15.8 Å². The number of guanidine groups is 1. The van der Waals surface area contributed by atoms with Crippen LogP contribution in [0.1, 0.15) is 44.7 Å². The molecule has 0 aromatic heterocycles. The van der Waals surface area contributed by atoms with E-state index < -0.39 is 14.6 Å². The second-order valence-electron chi connectivity index (χ2n) is 9.06. The van der Waals surface area contributed by atoms with Crippen LogP contribution in [0.2, 0.25) is 0 Å². The fraction of sp³-hybridized carbons (Fsp3) is 0.440. The van der Waals surface area contributed by atoms with Crippen molar-refractivity contribution in [1.82, 2.24) is 5.32 Å². The summed E-state index contributed by atoms with van der Waals surface area (Å²) in [7, 11) is -1.68. The quantitative estimate of drug-likeness (QED) is 0.252. The van der Waals surface area contributed by atoms with Crippen molar-refractivity contribution >= 4 is 21.7 Å². The number of methoxy groups -OCH3 is 1. The van der Waals surface area contributed by atoms with Gasteiger partial charge in [0.25, 0.3) is 0 Å². The number of sulfone groups is 1. The molecule has 0 fully saturated rings. The van der Waals surface area contributed by atoms with Gasteiger partial charge >= 0.3 is 0 Å². The van der Waals surface area contributed by atoms with Crippen LogP contribution in [0.3, 0.4) is 0 Å². The zero-order valence-corrected chi connectivity index (χ0v) is 21.1. The molecule has 0 atom stereocenters. The van der Waals surface area contributed by atoms with E-state index in [9.17, 15) is 13.2 Å². The second kappa shape index (κ2) is 12.0. The normalized spacial score (nSPS) is 11.8. The smallest absolute Gasteiger partial charge is 0.226 e. The summed E-state index contributed by atoms with van der Waals surface area (Å²) in [6, 6.07) is 13.2. The third-order valence-electron chi connectivity index (χ3n) is 5.24. The zero-order chi connectivity index (χ0) is 25.4. The van der Waals surface area contributed by atoms with E-state index in [2.05, 4.69) is 5.32 Å². The van der Waals surface area contributed by atoms with Crippen LogP contribution in [0.15, 0.2) is 42.5 Å². The van der Waals surface area contributed by atoms with E-state index in [0.29, 0.717) is 37.4 Å². The highest BCUT2D eigenvalue weighted by Crippen LogP contribution is 2.33. The molecule has 186 valence electrons. The summed E-state index contributed by atoms with van der Waals surface area (Å²) in [5.41, 5.74) is 8.51. The van der Waals surface area contributed by atoms with Gasteiger partial charge in [0.2, 0.25) is 5.91 Å². The van der Waals surface area contributed by atoms with Gasteiger partial charge < -0.3 is 15.2 Å². The lowest BCUT2D eigenvalue weighted by Crippen LogP contribution is -2.35. The molecule has 9 heteroatoms. The molecular formula is C25H35N3O5S. The van der Waals surface area contributed by atoms with Crippen molar-refractivity contribution in [3.8, 4) is 16.9 Å². The van der Waals surface area contributed by atoms with Crippen LogP contribution in [0.25, 0.3) is 11.1 Å². The van der Waals surface area contributed by atoms with E-state index in [1.54, 1.807) is 27.9 Å². The Morgan fingerprint density at radius 2 is 1.82 bits per heavy atom. The minimum absolute atomic E-state index is 0.0439. The van der Waals surface area contributed by atoms with E-state index in [1.807, 2.05) is 42.5 Å². The largest absolute Gasteiger partial charge is 0.493 e. The van der Waals surface area contributed by atoms with E-state index in [1.165, 1.54) is 0 Å². The van der Waals surface area contributed by atoms with Gasteiger partial charge in [-0.05, 0) is 56.0 Å². The summed E-state index contributed by atoms with van der Waals surface area (Å²) < 4.78 is 35.7. The summed E-state index contributed by atoms with van der Waals surface area (Å²) in [6.45, 7) is 6.13.